The van der Waals surface area contributed by atoms with Crippen LogP contribution in [0.15, 0.2) is 0 Å². The number of rotatable bonds is 2. The lowest BCUT2D eigenvalue weighted by atomic mass is 10.1. The maximum absolute atomic E-state index is 2.48. The number of likely N-dealkylation sites (N-methyl/N-ethyl adjacent to an activating group) is 2. The van der Waals surface area contributed by atoms with Crippen molar-refractivity contribution < 1.29 is 0 Å². The zero-order valence-electron chi connectivity index (χ0n) is 8.17. The van der Waals surface area contributed by atoms with E-state index in [2.05, 4.69) is 37.9 Å². The zero-order chi connectivity index (χ0) is 8.43. The first-order valence-electron chi connectivity index (χ1n) is 4.44. The maximum atomic E-state index is 2.48. The largest absolute Gasteiger partial charge is 0.308 e. The highest BCUT2D eigenvalue weighted by Gasteiger charge is 2.26. The summed E-state index contributed by atoms with van der Waals surface area (Å²) in [5.74, 6) is 0.893. The fraction of sp³-hybridized carbons (Fsp3) is 1.00. The molecule has 0 spiro atoms. The normalized spacial score (nSPS) is 33.5. The molecule has 1 fully saturated rings. The van der Waals surface area contributed by atoms with Gasteiger partial charge in [0.25, 0.3) is 0 Å². The van der Waals surface area contributed by atoms with Crippen LogP contribution < -0.4 is 0 Å². The van der Waals surface area contributed by atoms with Gasteiger partial charge in [0.15, 0.2) is 0 Å². The minimum Gasteiger partial charge on any atom is -0.308 e. The fourth-order valence-electron chi connectivity index (χ4n) is 2.00. The Labute approximate surface area is 70.2 Å². The summed E-state index contributed by atoms with van der Waals surface area (Å²) >= 11 is 0. The van der Waals surface area contributed by atoms with Crippen LogP contribution >= 0.6 is 0 Å². The van der Waals surface area contributed by atoms with Gasteiger partial charge in [-0.3, -0.25) is 0 Å². The Balaban J connectivity index is 2.34. The van der Waals surface area contributed by atoms with E-state index in [1.165, 1.54) is 19.5 Å². The van der Waals surface area contributed by atoms with Gasteiger partial charge in [0, 0.05) is 19.1 Å². The second kappa shape index (κ2) is 3.55. The monoisotopic (exact) mass is 156 g/mol. The van der Waals surface area contributed by atoms with Gasteiger partial charge in [0.2, 0.25) is 0 Å². The van der Waals surface area contributed by atoms with E-state index in [-0.39, 0.29) is 0 Å². The minimum absolute atomic E-state index is 0.792. The van der Waals surface area contributed by atoms with Crippen LogP contribution in [0.1, 0.15) is 13.3 Å². The van der Waals surface area contributed by atoms with E-state index in [4.69, 9.17) is 0 Å². The number of nitrogens with zero attached hydrogens (tertiary/aromatic N) is 2. The van der Waals surface area contributed by atoms with Gasteiger partial charge in [-0.1, -0.05) is 6.92 Å². The van der Waals surface area contributed by atoms with Crippen molar-refractivity contribution in [1.82, 2.24) is 9.80 Å². The van der Waals surface area contributed by atoms with Crippen LogP contribution in [0.3, 0.4) is 0 Å². The Morgan fingerprint density at radius 2 is 2.09 bits per heavy atom. The first kappa shape index (κ1) is 9.01. The summed E-state index contributed by atoms with van der Waals surface area (Å²) in [7, 11) is 6.53. The predicted molar refractivity (Wildman–Crippen MR) is 48.8 cm³/mol. The van der Waals surface area contributed by atoms with Crippen molar-refractivity contribution in [3.05, 3.63) is 0 Å². The average molecular weight is 156 g/mol. The lowest BCUT2D eigenvalue weighted by Crippen LogP contribution is -2.34. The highest BCUT2D eigenvalue weighted by atomic mass is 15.2. The predicted octanol–water partition coefficient (Wildman–Crippen LogP) is 0.888. The van der Waals surface area contributed by atoms with Crippen LogP contribution in [0, 0.1) is 5.92 Å². The topological polar surface area (TPSA) is 6.48 Å². The quantitative estimate of drug-likeness (QED) is 0.586. The molecule has 0 amide bonds. The summed E-state index contributed by atoms with van der Waals surface area (Å²) in [6, 6.07) is 0.792. The molecule has 2 heteroatoms. The summed E-state index contributed by atoms with van der Waals surface area (Å²) in [5.41, 5.74) is 0. The molecule has 0 N–H and O–H groups in total. The first-order valence-corrected chi connectivity index (χ1v) is 4.44. The Morgan fingerprint density at radius 1 is 1.45 bits per heavy atom. The van der Waals surface area contributed by atoms with E-state index in [0.29, 0.717) is 0 Å². The van der Waals surface area contributed by atoms with Crippen LogP contribution in [0.25, 0.3) is 0 Å². The lowest BCUT2D eigenvalue weighted by molar-refractivity contribution is 0.243. The maximum Gasteiger partial charge on any atom is 0.0223 e. The van der Waals surface area contributed by atoms with Gasteiger partial charge in [-0.2, -0.15) is 0 Å². The standard InChI is InChI=1S/C9H20N2/c1-8-5-9(7-10(2)3)11(4)6-8/h8-9H,5-7H2,1-4H3/t8-,9?/m0/s1. The first-order chi connectivity index (χ1) is 5.09. The molecule has 1 aliphatic heterocycles. The molecule has 0 aliphatic carbocycles. The third-order valence-electron chi connectivity index (χ3n) is 2.47. The van der Waals surface area contributed by atoms with Crippen LogP contribution in [0.5, 0.6) is 0 Å². The van der Waals surface area contributed by atoms with Gasteiger partial charge >= 0.3 is 0 Å². The van der Waals surface area contributed by atoms with E-state index in [1.807, 2.05) is 0 Å². The van der Waals surface area contributed by atoms with Crippen molar-refractivity contribution in [3.8, 4) is 0 Å². The highest BCUT2D eigenvalue weighted by Crippen LogP contribution is 2.20. The van der Waals surface area contributed by atoms with Crippen molar-refractivity contribution in [2.45, 2.75) is 19.4 Å². The molecule has 1 heterocycles. The van der Waals surface area contributed by atoms with Crippen molar-refractivity contribution in [2.24, 2.45) is 5.92 Å². The van der Waals surface area contributed by atoms with E-state index >= 15 is 0 Å². The van der Waals surface area contributed by atoms with Crippen LogP contribution in [-0.4, -0.2) is 50.1 Å². The van der Waals surface area contributed by atoms with Gasteiger partial charge in [-0.25, -0.2) is 0 Å². The molecule has 0 bridgehead atoms. The zero-order valence-corrected chi connectivity index (χ0v) is 8.17. The van der Waals surface area contributed by atoms with Crippen LogP contribution in [0.2, 0.25) is 0 Å². The van der Waals surface area contributed by atoms with Gasteiger partial charge in [0.05, 0.1) is 0 Å². The summed E-state index contributed by atoms with van der Waals surface area (Å²) < 4.78 is 0. The Kier molecular flexibility index (Phi) is 2.90. The smallest absolute Gasteiger partial charge is 0.0223 e. The molecule has 2 nitrogen and oxygen atoms in total. The fourth-order valence-corrected chi connectivity index (χ4v) is 2.00. The van der Waals surface area contributed by atoms with E-state index in [0.717, 1.165) is 12.0 Å². The molecule has 66 valence electrons. The van der Waals surface area contributed by atoms with Crippen LogP contribution in [0.4, 0.5) is 0 Å². The Bertz CT molecular complexity index is 123. The Morgan fingerprint density at radius 3 is 2.45 bits per heavy atom. The minimum atomic E-state index is 0.792. The van der Waals surface area contributed by atoms with Crippen molar-refractivity contribution in [2.75, 3.05) is 34.2 Å². The average Bonchev–Trinajstić information content (AvgIpc) is 2.09. The molecule has 0 aromatic heterocycles. The molecular formula is C9H20N2. The number of hydrogen-bond donors (Lipinski definition) is 0. The van der Waals surface area contributed by atoms with Crippen molar-refractivity contribution in [3.63, 3.8) is 0 Å². The lowest BCUT2D eigenvalue weighted by Gasteiger charge is -2.22. The highest BCUT2D eigenvalue weighted by molar-refractivity contribution is 4.82. The molecule has 1 rings (SSSR count). The molecule has 2 atom stereocenters. The summed E-state index contributed by atoms with van der Waals surface area (Å²) in [4.78, 5) is 4.75. The Hall–Kier alpha value is -0.0800. The van der Waals surface area contributed by atoms with E-state index in [1.54, 1.807) is 0 Å². The molecule has 1 aliphatic rings. The van der Waals surface area contributed by atoms with E-state index < -0.39 is 0 Å². The SMILES string of the molecule is C[C@H]1CC(CN(C)C)N(C)C1. The molecule has 1 unspecified atom stereocenters. The molecule has 0 radical (unpaired) electrons. The molecule has 0 aromatic rings. The summed E-state index contributed by atoms with van der Waals surface area (Å²) in [6.07, 6.45) is 1.37. The molecule has 11 heavy (non-hydrogen) atoms. The molecule has 0 aromatic carbocycles. The third-order valence-corrected chi connectivity index (χ3v) is 2.47. The van der Waals surface area contributed by atoms with E-state index in [9.17, 15) is 0 Å². The number of likely N-dealkylation sites (tertiary alicyclic amines) is 1. The number of hydrogen-bond acceptors (Lipinski definition) is 2. The molecule has 1 saturated heterocycles. The summed E-state index contributed by atoms with van der Waals surface area (Å²) in [6.45, 7) is 4.82. The molecular weight excluding hydrogens is 136 g/mol. The molecule has 0 saturated carbocycles. The van der Waals surface area contributed by atoms with Gasteiger partial charge in [-0.15, -0.1) is 0 Å². The van der Waals surface area contributed by atoms with Crippen molar-refractivity contribution in [1.29, 1.82) is 0 Å². The summed E-state index contributed by atoms with van der Waals surface area (Å²) in [5, 5.41) is 0. The third kappa shape index (κ3) is 2.46. The second-order valence-corrected chi connectivity index (χ2v) is 4.20. The van der Waals surface area contributed by atoms with Gasteiger partial charge in [0.1, 0.15) is 0 Å². The van der Waals surface area contributed by atoms with Crippen molar-refractivity contribution >= 4 is 0 Å². The van der Waals surface area contributed by atoms with Gasteiger partial charge < -0.3 is 9.80 Å². The van der Waals surface area contributed by atoms with Gasteiger partial charge in [-0.05, 0) is 33.5 Å². The second-order valence-electron chi connectivity index (χ2n) is 4.20. The van der Waals surface area contributed by atoms with Crippen LogP contribution in [-0.2, 0) is 0 Å².